The Morgan fingerprint density at radius 2 is 1.30 bits per heavy atom. The first-order valence-electron chi connectivity index (χ1n) is 12.7. The Bertz CT molecular complexity index is 642. The molecule has 188 valence electrons. The largest absolute Gasteiger partial charge is 0.463 e. The van der Waals surface area contributed by atoms with Gasteiger partial charge in [0.15, 0.2) is 0 Å². The van der Waals surface area contributed by atoms with E-state index in [1.165, 1.54) is 51.0 Å². The van der Waals surface area contributed by atoms with Gasteiger partial charge in [-0.25, -0.2) is 4.79 Å². The number of hydrogen-bond acceptors (Lipinski definition) is 3. The van der Waals surface area contributed by atoms with Gasteiger partial charge < -0.3 is 10.1 Å². The molecule has 1 aromatic carbocycles. The summed E-state index contributed by atoms with van der Waals surface area (Å²) in [5.74, 6) is -0.323. The molecule has 3 nitrogen and oxygen atoms in total. The van der Waals surface area contributed by atoms with Gasteiger partial charge in [-0.3, -0.25) is 0 Å². The summed E-state index contributed by atoms with van der Waals surface area (Å²) in [6.07, 6.45) is 12.6. The molecule has 1 rings (SSSR count). The molecule has 0 fully saturated rings. The number of esters is 1. The van der Waals surface area contributed by atoms with Crippen molar-refractivity contribution in [3.63, 3.8) is 0 Å². The van der Waals surface area contributed by atoms with Crippen molar-refractivity contribution in [1.82, 2.24) is 0 Å². The van der Waals surface area contributed by atoms with Crippen LogP contribution < -0.4 is 5.32 Å². The Morgan fingerprint density at radius 1 is 0.818 bits per heavy atom. The first-order valence-corrected chi connectivity index (χ1v) is 12.7. The standard InChI is InChI=1S/C27H42F3NO2/c1-2-33-26(32)21-18-24-16-19-25(20-17-24)31-23-15-13-11-9-7-5-3-4-6-8-10-12-14-22-27(28,29)30/h16-21,31H,2-15,22-23H2,1H3. The van der Waals surface area contributed by atoms with Crippen molar-refractivity contribution in [1.29, 1.82) is 0 Å². The second kappa shape index (κ2) is 18.4. The van der Waals surface area contributed by atoms with Crippen LogP contribution >= 0.6 is 0 Å². The second-order valence-corrected chi connectivity index (χ2v) is 8.60. The van der Waals surface area contributed by atoms with E-state index in [1.807, 2.05) is 24.3 Å². The number of benzene rings is 1. The van der Waals surface area contributed by atoms with Crippen molar-refractivity contribution in [2.24, 2.45) is 0 Å². The van der Waals surface area contributed by atoms with Gasteiger partial charge in [-0.05, 0) is 43.5 Å². The predicted molar refractivity (Wildman–Crippen MR) is 131 cm³/mol. The van der Waals surface area contributed by atoms with Gasteiger partial charge in [0.05, 0.1) is 6.61 Å². The van der Waals surface area contributed by atoms with Crippen LogP contribution in [0.1, 0.15) is 102 Å². The SMILES string of the molecule is CCOC(=O)C=Cc1ccc(NCCCCCCCCCCCCCCCC(F)(F)F)cc1. The first kappa shape index (κ1) is 29.1. The van der Waals surface area contributed by atoms with Crippen LogP contribution in [0, 0.1) is 0 Å². The molecule has 0 aromatic heterocycles. The molecule has 0 saturated carbocycles. The summed E-state index contributed by atoms with van der Waals surface area (Å²) in [5.41, 5.74) is 2.05. The van der Waals surface area contributed by atoms with Crippen molar-refractivity contribution in [2.45, 2.75) is 103 Å². The number of unbranched alkanes of at least 4 members (excludes halogenated alkanes) is 12. The van der Waals surface area contributed by atoms with Gasteiger partial charge in [0, 0.05) is 24.7 Å². The lowest BCUT2D eigenvalue weighted by Crippen LogP contribution is -2.06. The van der Waals surface area contributed by atoms with E-state index in [0.29, 0.717) is 13.0 Å². The molecule has 0 spiro atoms. The zero-order chi connectivity index (χ0) is 24.2. The van der Waals surface area contributed by atoms with Crippen LogP contribution in [0.2, 0.25) is 0 Å². The summed E-state index contributed by atoms with van der Waals surface area (Å²) in [4.78, 5) is 11.3. The summed E-state index contributed by atoms with van der Waals surface area (Å²) >= 11 is 0. The van der Waals surface area contributed by atoms with Crippen LogP contribution in [0.5, 0.6) is 0 Å². The third kappa shape index (κ3) is 18.2. The van der Waals surface area contributed by atoms with Crippen LogP contribution in [0.15, 0.2) is 30.3 Å². The van der Waals surface area contributed by atoms with E-state index in [2.05, 4.69) is 5.32 Å². The van der Waals surface area contributed by atoms with Gasteiger partial charge in [0.2, 0.25) is 0 Å². The molecule has 0 aliphatic carbocycles. The van der Waals surface area contributed by atoms with E-state index in [4.69, 9.17) is 4.74 Å². The lowest BCUT2D eigenvalue weighted by atomic mass is 10.0. The van der Waals surface area contributed by atoms with Crippen LogP contribution in [-0.4, -0.2) is 25.3 Å². The molecule has 0 aliphatic heterocycles. The average molecular weight is 470 g/mol. The van der Waals surface area contributed by atoms with Crippen molar-refractivity contribution in [2.75, 3.05) is 18.5 Å². The molecule has 0 heterocycles. The molecule has 6 heteroatoms. The van der Waals surface area contributed by atoms with Crippen molar-refractivity contribution >= 4 is 17.7 Å². The normalized spacial score (nSPS) is 11.8. The fourth-order valence-electron chi connectivity index (χ4n) is 3.69. The number of nitrogens with one attached hydrogen (secondary N) is 1. The molecule has 33 heavy (non-hydrogen) atoms. The van der Waals surface area contributed by atoms with E-state index in [9.17, 15) is 18.0 Å². The number of alkyl halides is 3. The van der Waals surface area contributed by atoms with Gasteiger partial charge in [0.25, 0.3) is 0 Å². The minimum absolute atomic E-state index is 0.279. The highest BCUT2D eigenvalue weighted by molar-refractivity contribution is 5.87. The highest BCUT2D eigenvalue weighted by Crippen LogP contribution is 2.23. The van der Waals surface area contributed by atoms with E-state index < -0.39 is 12.6 Å². The third-order valence-electron chi connectivity index (χ3n) is 5.58. The Morgan fingerprint density at radius 3 is 1.79 bits per heavy atom. The number of halogens is 3. The van der Waals surface area contributed by atoms with E-state index >= 15 is 0 Å². The maximum absolute atomic E-state index is 12.0. The molecule has 1 aromatic rings. The fraction of sp³-hybridized carbons (Fsp3) is 0.667. The highest BCUT2D eigenvalue weighted by atomic mass is 19.4. The Labute approximate surface area is 198 Å². The maximum Gasteiger partial charge on any atom is 0.389 e. The lowest BCUT2D eigenvalue weighted by molar-refractivity contribution is -0.137. The summed E-state index contributed by atoms with van der Waals surface area (Å²) in [6.45, 7) is 3.13. The number of hydrogen-bond donors (Lipinski definition) is 1. The quantitative estimate of drug-likeness (QED) is 0.125. The van der Waals surface area contributed by atoms with Crippen molar-refractivity contribution in [3.8, 4) is 0 Å². The van der Waals surface area contributed by atoms with Gasteiger partial charge in [0.1, 0.15) is 0 Å². The van der Waals surface area contributed by atoms with Gasteiger partial charge in [-0.15, -0.1) is 0 Å². The molecule has 0 aliphatic rings. The zero-order valence-electron chi connectivity index (χ0n) is 20.2. The molecular weight excluding hydrogens is 427 g/mol. The average Bonchev–Trinajstić information content (AvgIpc) is 2.77. The second-order valence-electron chi connectivity index (χ2n) is 8.60. The third-order valence-corrected chi connectivity index (χ3v) is 5.58. The van der Waals surface area contributed by atoms with Crippen LogP contribution in [0.25, 0.3) is 6.08 Å². The van der Waals surface area contributed by atoms with Gasteiger partial charge in [-0.2, -0.15) is 13.2 Å². The minimum atomic E-state index is -3.99. The Hall–Kier alpha value is -1.98. The summed E-state index contributed by atoms with van der Waals surface area (Å²) in [5, 5.41) is 3.44. The Kier molecular flexibility index (Phi) is 16.2. The summed E-state index contributed by atoms with van der Waals surface area (Å²) in [7, 11) is 0. The number of anilines is 1. The van der Waals surface area contributed by atoms with Gasteiger partial charge >= 0.3 is 12.1 Å². The Balaban J connectivity index is 1.89. The molecule has 0 amide bonds. The van der Waals surface area contributed by atoms with Crippen LogP contribution in [0.4, 0.5) is 18.9 Å². The van der Waals surface area contributed by atoms with E-state index in [-0.39, 0.29) is 12.4 Å². The fourth-order valence-corrected chi connectivity index (χ4v) is 3.69. The summed E-state index contributed by atoms with van der Waals surface area (Å²) in [6, 6.07) is 8.00. The maximum atomic E-state index is 12.0. The summed E-state index contributed by atoms with van der Waals surface area (Å²) < 4.78 is 41.0. The molecule has 0 atom stereocenters. The number of carbonyl (C=O) groups is 1. The van der Waals surface area contributed by atoms with Crippen molar-refractivity contribution < 1.29 is 22.7 Å². The molecular formula is C27H42F3NO2. The molecule has 1 N–H and O–H groups in total. The molecule has 0 radical (unpaired) electrons. The van der Waals surface area contributed by atoms with Gasteiger partial charge in [-0.1, -0.05) is 82.8 Å². The smallest absolute Gasteiger partial charge is 0.389 e. The monoisotopic (exact) mass is 469 g/mol. The first-order chi connectivity index (χ1) is 15.9. The van der Waals surface area contributed by atoms with Crippen LogP contribution in [-0.2, 0) is 9.53 Å². The van der Waals surface area contributed by atoms with E-state index in [1.54, 1.807) is 13.0 Å². The number of ether oxygens (including phenoxy) is 1. The zero-order valence-corrected chi connectivity index (χ0v) is 20.2. The molecule has 0 bridgehead atoms. The lowest BCUT2D eigenvalue weighted by Gasteiger charge is -2.07. The van der Waals surface area contributed by atoms with Crippen LogP contribution in [0.3, 0.4) is 0 Å². The molecule has 0 unspecified atom stereocenters. The van der Waals surface area contributed by atoms with E-state index in [0.717, 1.165) is 43.5 Å². The number of rotatable bonds is 19. The predicted octanol–water partition coefficient (Wildman–Crippen LogP) is 8.70. The highest BCUT2D eigenvalue weighted by Gasteiger charge is 2.25. The topological polar surface area (TPSA) is 38.3 Å². The number of carbonyl (C=O) groups excluding carboxylic acids is 1. The minimum Gasteiger partial charge on any atom is -0.463 e. The van der Waals surface area contributed by atoms with Crippen molar-refractivity contribution in [3.05, 3.63) is 35.9 Å². The molecule has 0 saturated heterocycles.